The van der Waals surface area contributed by atoms with Crippen LogP contribution in [-0.2, 0) is 11.2 Å². The summed E-state index contributed by atoms with van der Waals surface area (Å²) in [4.78, 5) is 11.6. The number of benzene rings is 2. The molecule has 4 heteroatoms. The van der Waals surface area contributed by atoms with E-state index in [2.05, 4.69) is 17.4 Å². The van der Waals surface area contributed by atoms with E-state index in [4.69, 9.17) is 16.3 Å². The van der Waals surface area contributed by atoms with Gasteiger partial charge in [-0.15, -0.1) is 0 Å². The molecule has 0 radical (unpaired) electrons. The number of hydrogen-bond acceptors (Lipinski definition) is 2. The van der Waals surface area contributed by atoms with Gasteiger partial charge in [0.2, 0.25) is 0 Å². The number of carbonyl (C=O) groups is 1. The number of anilines is 1. The zero-order valence-corrected chi connectivity index (χ0v) is 11.6. The molecular formula is C16H14ClNO2. The number of fused-ring (bicyclic) bond motifs is 1. The molecule has 0 bridgehead atoms. The number of cyclic esters (lactones) is 1. The van der Waals surface area contributed by atoms with E-state index in [0.717, 1.165) is 24.1 Å². The second kappa shape index (κ2) is 5.55. The summed E-state index contributed by atoms with van der Waals surface area (Å²) in [5, 5.41) is 3.34. The summed E-state index contributed by atoms with van der Waals surface area (Å²) in [5.41, 5.74) is 2.95. The summed E-state index contributed by atoms with van der Waals surface area (Å²) in [6.45, 7) is 0. The first-order valence-electron chi connectivity index (χ1n) is 6.53. The molecule has 0 spiro atoms. The Morgan fingerprint density at radius 3 is 2.75 bits per heavy atom. The number of carbonyl (C=O) groups excluding carboxylic acids is 1. The lowest BCUT2D eigenvalue weighted by Gasteiger charge is -2.26. The summed E-state index contributed by atoms with van der Waals surface area (Å²) in [6.07, 6.45) is 0.936. The minimum atomic E-state index is -0.405. The number of halogens is 1. The van der Waals surface area contributed by atoms with E-state index >= 15 is 0 Å². The topological polar surface area (TPSA) is 38.3 Å². The van der Waals surface area contributed by atoms with Gasteiger partial charge < -0.3 is 4.74 Å². The number of hydrogen-bond donors (Lipinski definition) is 1. The molecule has 1 aliphatic heterocycles. The van der Waals surface area contributed by atoms with Crippen molar-refractivity contribution >= 4 is 23.4 Å². The SMILES string of the molecule is O=C1Nc2ccc(Cl)cc2C(CCc2ccccc2)O1. The van der Waals surface area contributed by atoms with Crippen LogP contribution in [0.15, 0.2) is 48.5 Å². The fourth-order valence-corrected chi connectivity index (χ4v) is 2.58. The van der Waals surface area contributed by atoms with Gasteiger partial charge in [0.1, 0.15) is 6.10 Å². The van der Waals surface area contributed by atoms with Crippen LogP contribution in [0.25, 0.3) is 0 Å². The smallest absolute Gasteiger partial charge is 0.412 e. The Morgan fingerprint density at radius 2 is 1.95 bits per heavy atom. The third-order valence-corrected chi connectivity index (χ3v) is 3.62. The van der Waals surface area contributed by atoms with Gasteiger partial charge in [-0.05, 0) is 36.6 Å². The second-order valence-corrected chi connectivity index (χ2v) is 5.21. The lowest BCUT2D eigenvalue weighted by atomic mass is 9.99. The molecule has 102 valence electrons. The molecule has 3 nitrogen and oxygen atoms in total. The van der Waals surface area contributed by atoms with Crippen LogP contribution in [0.5, 0.6) is 0 Å². The molecule has 0 saturated heterocycles. The van der Waals surface area contributed by atoms with Crippen molar-refractivity contribution in [2.75, 3.05) is 5.32 Å². The molecule has 1 aliphatic rings. The average molecular weight is 288 g/mol. The fraction of sp³-hybridized carbons (Fsp3) is 0.188. The lowest BCUT2D eigenvalue weighted by molar-refractivity contribution is 0.101. The lowest BCUT2D eigenvalue weighted by Crippen LogP contribution is -2.24. The highest BCUT2D eigenvalue weighted by Crippen LogP contribution is 2.35. The summed E-state index contributed by atoms with van der Waals surface area (Å²) in [6, 6.07) is 15.6. The highest BCUT2D eigenvalue weighted by atomic mass is 35.5. The van der Waals surface area contributed by atoms with E-state index < -0.39 is 6.09 Å². The molecule has 0 saturated carbocycles. The van der Waals surface area contributed by atoms with Gasteiger partial charge in [-0.1, -0.05) is 41.9 Å². The van der Waals surface area contributed by atoms with Gasteiger partial charge in [-0.3, -0.25) is 5.32 Å². The van der Waals surface area contributed by atoms with E-state index in [1.54, 1.807) is 6.07 Å². The number of rotatable bonds is 3. The molecule has 1 atom stereocenters. The van der Waals surface area contributed by atoms with Crippen molar-refractivity contribution in [2.24, 2.45) is 0 Å². The highest BCUT2D eigenvalue weighted by molar-refractivity contribution is 6.30. The van der Waals surface area contributed by atoms with Crippen molar-refractivity contribution in [1.29, 1.82) is 0 Å². The first kappa shape index (κ1) is 13.0. The summed E-state index contributed by atoms with van der Waals surface area (Å²) in [7, 11) is 0. The number of ether oxygens (including phenoxy) is 1. The molecule has 1 amide bonds. The van der Waals surface area contributed by atoms with Crippen LogP contribution in [0.1, 0.15) is 23.7 Å². The van der Waals surface area contributed by atoms with Crippen molar-refractivity contribution in [3.05, 3.63) is 64.7 Å². The minimum Gasteiger partial charge on any atom is -0.441 e. The minimum absolute atomic E-state index is 0.252. The molecule has 2 aromatic rings. The van der Waals surface area contributed by atoms with Gasteiger partial charge in [0, 0.05) is 10.6 Å². The Labute approximate surface area is 122 Å². The van der Waals surface area contributed by atoms with E-state index in [1.165, 1.54) is 5.56 Å². The quantitative estimate of drug-likeness (QED) is 0.897. The maximum atomic E-state index is 11.6. The van der Waals surface area contributed by atoms with E-state index in [9.17, 15) is 4.79 Å². The van der Waals surface area contributed by atoms with Crippen LogP contribution in [0.4, 0.5) is 10.5 Å². The van der Waals surface area contributed by atoms with Gasteiger partial charge in [0.15, 0.2) is 0 Å². The van der Waals surface area contributed by atoms with Crippen molar-refractivity contribution in [3.8, 4) is 0 Å². The van der Waals surface area contributed by atoms with Crippen LogP contribution in [0.2, 0.25) is 5.02 Å². The molecule has 1 heterocycles. The molecule has 1 unspecified atom stereocenters. The molecule has 1 N–H and O–H groups in total. The Balaban J connectivity index is 1.80. The van der Waals surface area contributed by atoms with E-state index in [1.807, 2.05) is 30.3 Å². The molecule has 0 aliphatic carbocycles. The van der Waals surface area contributed by atoms with Gasteiger partial charge in [-0.25, -0.2) is 4.79 Å². The van der Waals surface area contributed by atoms with Crippen LogP contribution >= 0.6 is 11.6 Å². The van der Waals surface area contributed by atoms with Gasteiger partial charge in [0.25, 0.3) is 0 Å². The van der Waals surface area contributed by atoms with Crippen molar-refractivity contribution in [2.45, 2.75) is 18.9 Å². The van der Waals surface area contributed by atoms with Gasteiger partial charge >= 0.3 is 6.09 Å². The predicted molar refractivity (Wildman–Crippen MR) is 79.1 cm³/mol. The van der Waals surface area contributed by atoms with E-state index in [0.29, 0.717) is 5.02 Å². The van der Waals surface area contributed by atoms with Crippen molar-refractivity contribution < 1.29 is 9.53 Å². The normalized spacial score (nSPS) is 17.1. The monoisotopic (exact) mass is 287 g/mol. The Morgan fingerprint density at radius 1 is 1.15 bits per heavy atom. The van der Waals surface area contributed by atoms with Crippen LogP contribution in [-0.4, -0.2) is 6.09 Å². The molecule has 0 aromatic heterocycles. The first-order valence-corrected chi connectivity index (χ1v) is 6.91. The zero-order valence-electron chi connectivity index (χ0n) is 10.8. The van der Waals surface area contributed by atoms with Crippen LogP contribution < -0.4 is 5.32 Å². The third kappa shape index (κ3) is 2.78. The fourth-order valence-electron chi connectivity index (χ4n) is 2.40. The standard InChI is InChI=1S/C16H14ClNO2/c17-12-7-8-14-13(10-12)15(20-16(19)18-14)9-6-11-4-2-1-3-5-11/h1-5,7-8,10,15H,6,9H2,(H,18,19). The number of amides is 1. The number of nitrogens with one attached hydrogen (secondary N) is 1. The zero-order chi connectivity index (χ0) is 13.9. The second-order valence-electron chi connectivity index (χ2n) is 4.77. The van der Waals surface area contributed by atoms with Gasteiger partial charge in [-0.2, -0.15) is 0 Å². The highest BCUT2D eigenvalue weighted by Gasteiger charge is 2.26. The molecule has 0 fully saturated rings. The number of aryl methyl sites for hydroxylation is 1. The Bertz CT molecular complexity index is 628. The third-order valence-electron chi connectivity index (χ3n) is 3.38. The van der Waals surface area contributed by atoms with E-state index in [-0.39, 0.29) is 6.10 Å². The van der Waals surface area contributed by atoms with Gasteiger partial charge in [0.05, 0.1) is 5.69 Å². The predicted octanol–water partition coefficient (Wildman–Crippen LogP) is 4.58. The molecule has 20 heavy (non-hydrogen) atoms. The maximum Gasteiger partial charge on any atom is 0.412 e. The van der Waals surface area contributed by atoms with Crippen molar-refractivity contribution in [1.82, 2.24) is 0 Å². The van der Waals surface area contributed by atoms with Crippen molar-refractivity contribution in [3.63, 3.8) is 0 Å². The Kier molecular flexibility index (Phi) is 3.61. The summed E-state index contributed by atoms with van der Waals surface area (Å²) in [5.74, 6) is 0. The summed E-state index contributed by atoms with van der Waals surface area (Å²) >= 11 is 6.03. The van der Waals surface area contributed by atoms with Crippen LogP contribution in [0.3, 0.4) is 0 Å². The summed E-state index contributed by atoms with van der Waals surface area (Å²) < 4.78 is 5.38. The molecular weight excluding hydrogens is 274 g/mol. The Hall–Kier alpha value is -2.00. The maximum absolute atomic E-state index is 11.6. The molecule has 3 rings (SSSR count). The largest absolute Gasteiger partial charge is 0.441 e. The average Bonchev–Trinajstić information content (AvgIpc) is 2.46. The van der Waals surface area contributed by atoms with Crippen LogP contribution in [0, 0.1) is 0 Å². The first-order chi connectivity index (χ1) is 9.72. The molecule has 2 aromatic carbocycles.